The van der Waals surface area contributed by atoms with Gasteiger partial charge in [-0.1, -0.05) is 182 Å². The predicted octanol–water partition coefficient (Wildman–Crippen LogP) is 8.56. The second-order valence-electron chi connectivity index (χ2n) is 11.4. The summed E-state index contributed by atoms with van der Waals surface area (Å²) < 4.78 is 28.5. The van der Waals surface area contributed by atoms with Crippen molar-refractivity contribution >= 4 is 67.7 Å². The minimum Gasteiger partial charge on any atom is -0.309 e. The monoisotopic (exact) mass is 654 g/mol. The van der Waals surface area contributed by atoms with E-state index in [1.807, 2.05) is 194 Å². The van der Waals surface area contributed by atoms with Gasteiger partial charge in [-0.05, 0) is 33.7 Å². The molecule has 2 radical (unpaired) electrons. The summed E-state index contributed by atoms with van der Waals surface area (Å²) in [5, 5.41) is 9.03. The second kappa shape index (κ2) is 13.8. The Balaban J connectivity index is 0.000000152. The van der Waals surface area contributed by atoms with Crippen LogP contribution < -0.4 is 31.8 Å². The molecular weight excluding hydrogens is 622 g/mol. The van der Waals surface area contributed by atoms with Crippen LogP contribution in [-0.2, 0) is 9.13 Å². The Kier molecular flexibility index (Phi) is 9.04. The molecule has 0 heterocycles. The van der Waals surface area contributed by atoms with Crippen molar-refractivity contribution in [1.29, 1.82) is 0 Å². The molecule has 0 N–H and O–H groups in total. The summed E-state index contributed by atoms with van der Waals surface area (Å²) in [4.78, 5) is 0. The van der Waals surface area contributed by atoms with Crippen LogP contribution in [0.3, 0.4) is 0 Å². The fourth-order valence-corrected chi connectivity index (χ4v) is 11.2. The molecule has 230 valence electrons. The number of hydrogen-bond acceptors (Lipinski definition) is 2. The summed E-state index contributed by atoms with van der Waals surface area (Å²) in [6, 6.07) is 69.7. The Morgan fingerprint density at radius 3 is 0.875 bits per heavy atom. The molecule has 0 aliphatic rings. The van der Waals surface area contributed by atoms with Crippen molar-refractivity contribution in [2.75, 3.05) is 0 Å². The van der Waals surface area contributed by atoms with Crippen LogP contribution in [0.5, 0.6) is 0 Å². The molecular formula is C44H32O2P2. The molecule has 0 aliphatic heterocycles. The lowest BCUT2D eigenvalue weighted by atomic mass is 10.1. The van der Waals surface area contributed by atoms with E-state index in [0.29, 0.717) is 0 Å². The SMILES string of the molecule is O=P(c1[c]c2ccccc2cc1)(c1ccccc1)c1ccccc1.O=P(c1[c]c2ccccc2cc1)(c1ccccc1)c1ccccc1. The van der Waals surface area contributed by atoms with Gasteiger partial charge >= 0.3 is 0 Å². The van der Waals surface area contributed by atoms with Crippen LogP contribution in [0, 0.1) is 12.1 Å². The summed E-state index contributed by atoms with van der Waals surface area (Å²) in [6.07, 6.45) is 0. The molecule has 0 unspecified atom stereocenters. The molecule has 2 nitrogen and oxygen atoms in total. The van der Waals surface area contributed by atoms with Crippen LogP contribution in [0.1, 0.15) is 0 Å². The van der Waals surface area contributed by atoms with E-state index in [4.69, 9.17) is 0 Å². The highest BCUT2D eigenvalue weighted by atomic mass is 31.2. The standard InChI is InChI=1S/2C22H16OP/c2*23-24(20-11-3-1-4-12-20,21-13-5-2-6-14-21)22-16-15-18-9-7-8-10-19(18)17-22/h2*1-16H. The largest absolute Gasteiger partial charge is 0.309 e. The average Bonchev–Trinajstić information content (AvgIpc) is 3.18. The van der Waals surface area contributed by atoms with Crippen molar-refractivity contribution in [3.8, 4) is 0 Å². The zero-order valence-electron chi connectivity index (χ0n) is 26.2. The van der Waals surface area contributed by atoms with Crippen LogP contribution >= 0.6 is 14.3 Å². The van der Waals surface area contributed by atoms with Gasteiger partial charge in [-0.3, -0.25) is 0 Å². The Bertz CT molecular complexity index is 2130. The van der Waals surface area contributed by atoms with Crippen LogP contribution in [0.15, 0.2) is 194 Å². The molecule has 0 fully saturated rings. The van der Waals surface area contributed by atoms with Gasteiger partial charge in [0, 0.05) is 44.0 Å². The molecule has 0 saturated heterocycles. The second-order valence-corrected chi connectivity index (χ2v) is 16.9. The van der Waals surface area contributed by atoms with Crippen molar-refractivity contribution in [1.82, 2.24) is 0 Å². The molecule has 0 amide bonds. The van der Waals surface area contributed by atoms with Crippen molar-refractivity contribution in [2.45, 2.75) is 0 Å². The highest BCUT2D eigenvalue weighted by Crippen LogP contribution is 2.43. The summed E-state index contributed by atoms with van der Waals surface area (Å²) in [5.41, 5.74) is 0. The third-order valence-electron chi connectivity index (χ3n) is 8.45. The first-order valence-electron chi connectivity index (χ1n) is 15.8. The minimum absolute atomic E-state index is 0.749. The molecule has 48 heavy (non-hydrogen) atoms. The van der Waals surface area contributed by atoms with Crippen LogP contribution in [-0.4, -0.2) is 0 Å². The highest BCUT2D eigenvalue weighted by molar-refractivity contribution is 7.85. The smallest absolute Gasteiger partial charge is 0.171 e. The normalized spacial score (nSPS) is 11.5. The molecule has 8 rings (SSSR count). The summed E-state index contributed by atoms with van der Waals surface area (Å²) in [5.74, 6) is 0. The molecule has 0 aromatic heterocycles. The van der Waals surface area contributed by atoms with Crippen molar-refractivity contribution < 1.29 is 9.13 Å². The molecule has 8 aromatic rings. The average molecular weight is 655 g/mol. The van der Waals surface area contributed by atoms with E-state index in [9.17, 15) is 9.13 Å². The molecule has 0 saturated carbocycles. The van der Waals surface area contributed by atoms with E-state index in [0.717, 1.165) is 53.4 Å². The summed E-state index contributed by atoms with van der Waals surface area (Å²) in [7, 11) is -5.87. The third kappa shape index (κ3) is 6.10. The van der Waals surface area contributed by atoms with E-state index in [2.05, 4.69) is 12.1 Å². The maximum atomic E-state index is 14.2. The van der Waals surface area contributed by atoms with Crippen LogP contribution in [0.2, 0.25) is 0 Å². The van der Waals surface area contributed by atoms with E-state index < -0.39 is 14.3 Å². The number of hydrogen-bond donors (Lipinski definition) is 0. The van der Waals surface area contributed by atoms with E-state index in [-0.39, 0.29) is 0 Å². The molecule has 0 atom stereocenters. The Morgan fingerprint density at radius 2 is 0.562 bits per heavy atom. The van der Waals surface area contributed by atoms with Crippen LogP contribution in [0.25, 0.3) is 21.5 Å². The zero-order valence-corrected chi connectivity index (χ0v) is 28.0. The zero-order chi connectivity index (χ0) is 32.8. The van der Waals surface area contributed by atoms with Gasteiger partial charge in [-0.15, -0.1) is 0 Å². The highest BCUT2D eigenvalue weighted by Gasteiger charge is 2.31. The number of fused-ring (bicyclic) bond motifs is 2. The lowest BCUT2D eigenvalue weighted by molar-refractivity contribution is 0.591. The van der Waals surface area contributed by atoms with E-state index >= 15 is 0 Å². The molecule has 4 heteroatoms. The van der Waals surface area contributed by atoms with Gasteiger partial charge in [0.05, 0.1) is 0 Å². The fourth-order valence-electron chi connectivity index (χ4n) is 5.98. The van der Waals surface area contributed by atoms with Crippen LogP contribution in [0.4, 0.5) is 0 Å². The van der Waals surface area contributed by atoms with E-state index in [1.165, 1.54) is 0 Å². The Labute approximate surface area is 282 Å². The number of rotatable bonds is 6. The van der Waals surface area contributed by atoms with Gasteiger partial charge in [0.2, 0.25) is 0 Å². The molecule has 0 spiro atoms. The molecule has 0 aliphatic carbocycles. The van der Waals surface area contributed by atoms with Crippen molar-refractivity contribution in [3.05, 3.63) is 206 Å². The van der Waals surface area contributed by atoms with Crippen molar-refractivity contribution in [3.63, 3.8) is 0 Å². The first-order chi connectivity index (χ1) is 23.6. The van der Waals surface area contributed by atoms with Gasteiger partial charge in [-0.2, -0.15) is 0 Å². The van der Waals surface area contributed by atoms with Gasteiger partial charge in [0.25, 0.3) is 0 Å². The van der Waals surface area contributed by atoms with Gasteiger partial charge in [-0.25, -0.2) is 0 Å². The number of benzene rings is 8. The summed E-state index contributed by atoms with van der Waals surface area (Å²) in [6.45, 7) is 0. The quantitative estimate of drug-likeness (QED) is 0.169. The Hall–Kier alpha value is -5.26. The fraction of sp³-hybridized carbons (Fsp3) is 0. The lowest BCUT2D eigenvalue weighted by Gasteiger charge is -2.20. The van der Waals surface area contributed by atoms with Crippen molar-refractivity contribution in [2.24, 2.45) is 0 Å². The van der Waals surface area contributed by atoms with Gasteiger partial charge in [0.15, 0.2) is 14.3 Å². The topological polar surface area (TPSA) is 34.1 Å². The summed E-state index contributed by atoms with van der Waals surface area (Å²) >= 11 is 0. The maximum Gasteiger partial charge on any atom is 0.171 e. The molecule has 0 bridgehead atoms. The van der Waals surface area contributed by atoms with Gasteiger partial charge < -0.3 is 9.13 Å². The first-order valence-corrected chi connectivity index (χ1v) is 19.2. The predicted molar refractivity (Wildman–Crippen MR) is 204 cm³/mol. The maximum absolute atomic E-state index is 14.2. The van der Waals surface area contributed by atoms with Gasteiger partial charge in [0.1, 0.15) is 0 Å². The van der Waals surface area contributed by atoms with E-state index in [1.54, 1.807) is 0 Å². The molecule has 8 aromatic carbocycles. The minimum atomic E-state index is -2.94. The third-order valence-corrected chi connectivity index (χ3v) is 14.4. The Morgan fingerprint density at radius 1 is 0.292 bits per heavy atom. The lowest BCUT2D eigenvalue weighted by Crippen LogP contribution is -2.25. The first kappa shape index (κ1) is 31.3.